The van der Waals surface area contributed by atoms with E-state index in [1.54, 1.807) is 16.7 Å². The van der Waals surface area contributed by atoms with Crippen molar-refractivity contribution in [3.8, 4) is 0 Å². The highest BCUT2D eigenvalue weighted by molar-refractivity contribution is 8.07. The van der Waals surface area contributed by atoms with E-state index in [1.165, 1.54) is 0 Å². The number of carbonyl (C=O) groups is 2. The molecule has 1 N–H and O–H groups in total. The summed E-state index contributed by atoms with van der Waals surface area (Å²) in [5, 5.41) is 3.01. The van der Waals surface area contributed by atoms with Gasteiger partial charge >= 0.3 is 0 Å². The number of likely N-dealkylation sites (tertiary alicyclic amines) is 1. The van der Waals surface area contributed by atoms with Gasteiger partial charge in [0.25, 0.3) is 0 Å². The zero-order chi connectivity index (χ0) is 21.6. The van der Waals surface area contributed by atoms with Crippen LogP contribution in [0.4, 0.5) is 0 Å². The molecule has 1 unspecified atom stereocenters. The monoisotopic (exact) mass is 415 g/mol. The molecule has 1 aromatic carbocycles. The predicted octanol–water partition coefficient (Wildman–Crippen LogP) is 4.48. The van der Waals surface area contributed by atoms with Crippen molar-refractivity contribution < 1.29 is 9.59 Å². The van der Waals surface area contributed by atoms with Crippen molar-refractivity contribution in [2.45, 2.75) is 59.5 Å². The molecule has 1 aromatic rings. The summed E-state index contributed by atoms with van der Waals surface area (Å²) in [7, 11) is 0. The number of hydrogen-bond acceptors (Lipinski definition) is 4. The number of rotatable bonds is 7. The maximum Gasteiger partial charge on any atom is 0.243 e. The van der Waals surface area contributed by atoms with Gasteiger partial charge in [0.15, 0.2) is 0 Å². The lowest BCUT2D eigenvalue weighted by molar-refractivity contribution is -0.139. The number of benzene rings is 1. The van der Waals surface area contributed by atoms with E-state index in [0.29, 0.717) is 19.5 Å². The first-order chi connectivity index (χ1) is 13.7. The largest absolute Gasteiger partial charge is 0.350 e. The third-order valence-corrected chi connectivity index (χ3v) is 5.95. The highest BCUT2D eigenvalue weighted by Gasteiger charge is 2.35. The van der Waals surface area contributed by atoms with Gasteiger partial charge in [-0.2, -0.15) is 0 Å². The summed E-state index contributed by atoms with van der Waals surface area (Å²) < 4.78 is 0. The van der Waals surface area contributed by atoms with Crippen molar-refractivity contribution in [1.29, 1.82) is 0 Å². The Labute approximate surface area is 179 Å². The van der Waals surface area contributed by atoms with E-state index in [2.05, 4.69) is 17.0 Å². The van der Waals surface area contributed by atoms with E-state index in [4.69, 9.17) is 0 Å². The number of thioether (sulfide) groups is 1. The van der Waals surface area contributed by atoms with E-state index in [1.807, 2.05) is 58.2 Å². The van der Waals surface area contributed by atoms with Crippen LogP contribution in [0.1, 0.15) is 58.1 Å². The molecule has 0 radical (unpaired) electrons. The Kier molecular flexibility index (Phi) is 8.08. The number of nitrogens with zero attached hydrogens (tertiary/aromatic N) is 2. The number of nitrogens with one attached hydrogen (secondary N) is 1. The van der Waals surface area contributed by atoms with Crippen LogP contribution in [0.25, 0.3) is 4.91 Å². The second-order valence-electron chi connectivity index (χ2n) is 8.67. The Morgan fingerprint density at radius 3 is 2.48 bits per heavy atom. The molecule has 1 heterocycles. The van der Waals surface area contributed by atoms with Crippen LogP contribution in [-0.4, -0.2) is 42.3 Å². The number of allylic oxidation sites excluding steroid dienone is 1. The maximum absolute atomic E-state index is 12.7. The molecule has 158 valence electrons. The fraction of sp³-hybridized carbons (Fsp3) is 0.522. The molecule has 1 saturated heterocycles. The molecule has 1 aliphatic heterocycles. The maximum atomic E-state index is 12.7. The normalized spacial score (nSPS) is 17.7. The van der Waals surface area contributed by atoms with Gasteiger partial charge < -0.3 is 10.2 Å². The van der Waals surface area contributed by atoms with Gasteiger partial charge in [-0.3, -0.25) is 14.6 Å². The van der Waals surface area contributed by atoms with Crippen molar-refractivity contribution in [2.75, 3.05) is 12.8 Å². The summed E-state index contributed by atoms with van der Waals surface area (Å²) in [4.78, 5) is 32.2. The summed E-state index contributed by atoms with van der Waals surface area (Å²) in [6.07, 6.45) is 4.09. The summed E-state index contributed by atoms with van der Waals surface area (Å²) in [5.41, 5.74) is 2.94. The molecule has 5 nitrogen and oxygen atoms in total. The SMILES string of the molecule is C=N/C(C)=C(\SC)c1ccc(CNC(=O)C2CCCN2C(=O)CC(C)(C)C)cc1. The first-order valence-electron chi connectivity index (χ1n) is 10.0. The van der Waals surface area contributed by atoms with Crippen LogP contribution in [0, 0.1) is 5.41 Å². The van der Waals surface area contributed by atoms with Crippen molar-refractivity contribution in [1.82, 2.24) is 10.2 Å². The molecule has 0 bridgehead atoms. The Morgan fingerprint density at radius 2 is 1.93 bits per heavy atom. The average Bonchev–Trinajstić information content (AvgIpc) is 3.16. The number of aliphatic imine (C=N–C) groups is 1. The van der Waals surface area contributed by atoms with Crippen molar-refractivity contribution in [2.24, 2.45) is 10.4 Å². The second kappa shape index (κ2) is 10.1. The molecule has 2 rings (SSSR count). The van der Waals surface area contributed by atoms with Crippen molar-refractivity contribution in [3.63, 3.8) is 0 Å². The van der Waals surface area contributed by atoms with E-state index >= 15 is 0 Å². The van der Waals surface area contributed by atoms with E-state index < -0.39 is 0 Å². The van der Waals surface area contributed by atoms with Crippen LogP contribution in [-0.2, 0) is 16.1 Å². The molecule has 1 fully saturated rings. The van der Waals surface area contributed by atoms with Gasteiger partial charge in [-0.15, -0.1) is 11.8 Å². The highest BCUT2D eigenvalue weighted by Crippen LogP contribution is 2.29. The smallest absolute Gasteiger partial charge is 0.243 e. The van der Waals surface area contributed by atoms with Gasteiger partial charge in [0.2, 0.25) is 11.8 Å². The van der Waals surface area contributed by atoms with Gasteiger partial charge in [-0.05, 0) is 49.3 Å². The van der Waals surface area contributed by atoms with Crippen molar-refractivity contribution >= 4 is 35.2 Å². The quantitative estimate of drug-likeness (QED) is 0.668. The van der Waals surface area contributed by atoms with Crippen LogP contribution in [0.15, 0.2) is 35.0 Å². The van der Waals surface area contributed by atoms with Gasteiger partial charge in [0.05, 0.1) is 5.70 Å². The minimum absolute atomic E-state index is 0.0646. The number of amides is 2. The lowest BCUT2D eigenvalue weighted by atomic mass is 9.91. The van der Waals surface area contributed by atoms with Crippen LogP contribution in [0.2, 0.25) is 0 Å². The first kappa shape index (κ1) is 23.2. The van der Waals surface area contributed by atoms with E-state index in [0.717, 1.165) is 34.6 Å². The van der Waals surface area contributed by atoms with E-state index in [-0.39, 0.29) is 23.3 Å². The van der Waals surface area contributed by atoms with Crippen LogP contribution < -0.4 is 5.32 Å². The standard InChI is InChI=1S/C23H33N3O2S/c1-16(24-5)21(29-6)18-11-9-17(10-12-18)15-25-22(28)19-8-7-13-26(19)20(27)14-23(2,3)4/h9-12,19H,5,7-8,13-15H2,1-4,6H3,(H,25,28)/b21-16-. The molecule has 2 amide bonds. The predicted molar refractivity (Wildman–Crippen MR) is 123 cm³/mol. The lowest BCUT2D eigenvalue weighted by Crippen LogP contribution is -2.46. The fourth-order valence-electron chi connectivity index (χ4n) is 3.52. The molecular weight excluding hydrogens is 382 g/mol. The van der Waals surface area contributed by atoms with E-state index in [9.17, 15) is 9.59 Å². The molecule has 1 aliphatic rings. The van der Waals surface area contributed by atoms with Crippen LogP contribution in [0.3, 0.4) is 0 Å². The zero-order valence-electron chi connectivity index (χ0n) is 18.2. The molecule has 0 spiro atoms. The number of hydrogen-bond donors (Lipinski definition) is 1. The van der Waals surface area contributed by atoms with Gasteiger partial charge in [0, 0.05) is 24.4 Å². The summed E-state index contributed by atoms with van der Waals surface area (Å²) in [6.45, 7) is 12.8. The number of carbonyl (C=O) groups excluding carboxylic acids is 2. The lowest BCUT2D eigenvalue weighted by Gasteiger charge is -2.27. The molecule has 1 atom stereocenters. The Morgan fingerprint density at radius 1 is 1.28 bits per heavy atom. The average molecular weight is 416 g/mol. The molecular formula is C23H33N3O2S. The molecule has 0 aromatic heterocycles. The van der Waals surface area contributed by atoms with Crippen molar-refractivity contribution in [3.05, 3.63) is 41.1 Å². The Hall–Kier alpha value is -2.08. The van der Waals surface area contributed by atoms with Gasteiger partial charge in [0.1, 0.15) is 6.04 Å². The van der Waals surface area contributed by atoms with Crippen LogP contribution in [0.5, 0.6) is 0 Å². The molecule has 29 heavy (non-hydrogen) atoms. The fourth-order valence-corrected chi connectivity index (χ4v) is 4.25. The third-order valence-electron chi connectivity index (χ3n) is 5.01. The molecule has 6 heteroatoms. The second-order valence-corrected chi connectivity index (χ2v) is 9.49. The summed E-state index contributed by atoms with van der Waals surface area (Å²) >= 11 is 1.64. The van der Waals surface area contributed by atoms with Gasteiger partial charge in [-0.1, -0.05) is 45.0 Å². The zero-order valence-corrected chi connectivity index (χ0v) is 19.1. The Balaban J connectivity index is 1.98. The Bertz CT molecular complexity index is 778. The summed E-state index contributed by atoms with van der Waals surface area (Å²) in [6, 6.07) is 7.75. The topological polar surface area (TPSA) is 61.8 Å². The van der Waals surface area contributed by atoms with Gasteiger partial charge in [-0.25, -0.2) is 0 Å². The third kappa shape index (κ3) is 6.46. The molecule has 0 saturated carbocycles. The minimum atomic E-state index is -0.350. The molecule has 0 aliphatic carbocycles. The first-order valence-corrected chi connectivity index (χ1v) is 11.3. The van der Waals surface area contributed by atoms with Crippen LogP contribution >= 0.6 is 11.8 Å². The highest BCUT2D eigenvalue weighted by atomic mass is 32.2. The summed E-state index contributed by atoms with van der Waals surface area (Å²) in [5.74, 6) is 0.00678. The minimum Gasteiger partial charge on any atom is -0.350 e.